The Morgan fingerprint density at radius 2 is 2.33 bits per heavy atom. The first kappa shape index (κ1) is 10.5. The molecule has 0 aliphatic carbocycles. The van der Waals surface area contributed by atoms with Crippen LogP contribution < -0.4 is 4.74 Å². The van der Waals surface area contributed by atoms with E-state index in [0.29, 0.717) is 17.6 Å². The third-order valence-electron chi connectivity index (χ3n) is 1.88. The molecule has 15 heavy (non-hydrogen) atoms. The number of thiophene rings is 1. The average molecular weight is 240 g/mol. The lowest BCUT2D eigenvalue weighted by atomic mass is 10.3. The molecule has 2 rings (SSSR count). The van der Waals surface area contributed by atoms with Crippen LogP contribution in [0.5, 0.6) is 5.88 Å². The van der Waals surface area contributed by atoms with Crippen LogP contribution in [0.1, 0.15) is 11.1 Å². The molecule has 0 saturated heterocycles. The number of ether oxygens (including phenoxy) is 1. The summed E-state index contributed by atoms with van der Waals surface area (Å²) in [5.74, 6) is 0.575. The molecule has 4 heteroatoms. The predicted molar refractivity (Wildman–Crippen MR) is 62.6 cm³/mol. The Morgan fingerprint density at radius 1 is 1.47 bits per heavy atom. The van der Waals surface area contributed by atoms with Gasteiger partial charge in [-0.25, -0.2) is 4.98 Å². The first-order valence-electron chi connectivity index (χ1n) is 4.52. The van der Waals surface area contributed by atoms with Crippen LogP contribution in [-0.2, 0) is 6.61 Å². The minimum Gasteiger partial charge on any atom is -0.473 e. The van der Waals surface area contributed by atoms with Crippen molar-refractivity contribution in [2.24, 2.45) is 0 Å². The standard InChI is InChI=1S/C11H10ClNOS/c1-8-4-10(12)13-11(5-8)14-6-9-2-3-15-7-9/h2-5,7H,6H2,1H3. The molecule has 2 nitrogen and oxygen atoms in total. The fraction of sp³-hybridized carbons (Fsp3) is 0.182. The Labute approximate surface area is 97.5 Å². The molecule has 0 fully saturated rings. The summed E-state index contributed by atoms with van der Waals surface area (Å²) >= 11 is 7.48. The van der Waals surface area contributed by atoms with Gasteiger partial charge in [0.1, 0.15) is 11.8 Å². The minimum absolute atomic E-state index is 0.468. The van der Waals surface area contributed by atoms with E-state index in [1.165, 1.54) is 0 Å². The van der Waals surface area contributed by atoms with E-state index in [1.807, 2.05) is 24.4 Å². The molecular weight excluding hydrogens is 230 g/mol. The van der Waals surface area contributed by atoms with Gasteiger partial charge in [-0.2, -0.15) is 11.3 Å². The van der Waals surface area contributed by atoms with E-state index in [1.54, 1.807) is 17.4 Å². The van der Waals surface area contributed by atoms with Gasteiger partial charge in [-0.3, -0.25) is 0 Å². The molecule has 0 bridgehead atoms. The molecule has 0 radical (unpaired) electrons. The second-order valence-corrected chi connectivity index (χ2v) is 4.39. The third kappa shape index (κ3) is 2.94. The van der Waals surface area contributed by atoms with Crippen molar-refractivity contribution >= 4 is 22.9 Å². The highest BCUT2D eigenvalue weighted by Crippen LogP contribution is 2.17. The zero-order valence-corrected chi connectivity index (χ0v) is 9.81. The Balaban J connectivity index is 2.05. The maximum atomic E-state index is 5.82. The van der Waals surface area contributed by atoms with Gasteiger partial charge in [0.2, 0.25) is 5.88 Å². The number of hydrogen-bond acceptors (Lipinski definition) is 3. The fourth-order valence-corrected chi connectivity index (χ4v) is 2.11. The number of halogens is 1. The molecule has 0 aromatic carbocycles. The summed E-state index contributed by atoms with van der Waals surface area (Å²) in [6.45, 7) is 2.50. The van der Waals surface area contributed by atoms with Crippen LogP contribution in [0.25, 0.3) is 0 Å². The van der Waals surface area contributed by atoms with Gasteiger partial charge in [-0.1, -0.05) is 11.6 Å². The van der Waals surface area contributed by atoms with Crippen LogP contribution in [0.4, 0.5) is 0 Å². The van der Waals surface area contributed by atoms with Gasteiger partial charge in [0.25, 0.3) is 0 Å². The van der Waals surface area contributed by atoms with Gasteiger partial charge < -0.3 is 4.74 Å². The molecule has 0 spiro atoms. The van der Waals surface area contributed by atoms with Crippen molar-refractivity contribution in [2.75, 3.05) is 0 Å². The third-order valence-corrected chi connectivity index (χ3v) is 2.81. The zero-order chi connectivity index (χ0) is 10.7. The molecule has 2 aromatic heterocycles. The number of pyridine rings is 1. The summed E-state index contributed by atoms with van der Waals surface area (Å²) in [6, 6.07) is 5.71. The molecule has 0 N–H and O–H groups in total. The van der Waals surface area contributed by atoms with Crippen LogP contribution in [0.3, 0.4) is 0 Å². The molecule has 78 valence electrons. The quantitative estimate of drug-likeness (QED) is 0.763. The van der Waals surface area contributed by atoms with E-state index >= 15 is 0 Å². The maximum absolute atomic E-state index is 5.82. The van der Waals surface area contributed by atoms with Crippen LogP contribution in [0.2, 0.25) is 5.15 Å². The SMILES string of the molecule is Cc1cc(Cl)nc(OCc2ccsc2)c1. The molecule has 0 unspecified atom stereocenters. The minimum atomic E-state index is 0.468. The van der Waals surface area contributed by atoms with Gasteiger partial charge in [0, 0.05) is 11.6 Å². The predicted octanol–water partition coefficient (Wildman–Crippen LogP) is 3.68. The van der Waals surface area contributed by atoms with Gasteiger partial charge in [0.15, 0.2) is 0 Å². The Bertz CT molecular complexity index is 422. The molecular formula is C11H10ClNOS. The molecule has 0 saturated carbocycles. The van der Waals surface area contributed by atoms with Crippen LogP contribution in [0.15, 0.2) is 29.0 Å². The molecule has 2 aromatic rings. The normalized spacial score (nSPS) is 10.3. The second kappa shape index (κ2) is 4.64. The van der Waals surface area contributed by atoms with Crippen molar-refractivity contribution in [3.63, 3.8) is 0 Å². The van der Waals surface area contributed by atoms with Crippen LogP contribution >= 0.6 is 22.9 Å². The van der Waals surface area contributed by atoms with E-state index < -0.39 is 0 Å². The van der Waals surface area contributed by atoms with Crippen molar-refractivity contribution in [3.8, 4) is 5.88 Å². The Kier molecular flexibility index (Phi) is 3.23. The van der Waals surface area contributed by atoms with E-state index in [-0.39, 0.29) is 0 Å². The van der Waals surface area contributed by atoms with E-state index in [9.17, 15) is 0 Å². The van der Waals surface area contributed by atoms with Gasteiger partial charge >= 0.3 is 0 Å². The number of hydrogen-bond donors (Lipinski definition) is 0. The molecule has 2 heterocycles. The van der Waals surface area contributed by atoms with Gasteiger partial charge in [-0.15, -0.1) is 0 Å². The second-order valence-electron chi connectivity index (χ2n) is 3.23. The smallest absolute Gasteiger partial charge is 0.215 e. The molecule has 0 aliphatic rings. The van der Waals surface area contributed by atoms with Crippen molar-refractivity contribution in [2.45, 2.75) is 13.5 Å². The zero-order valence-electron chi connectivity index (χ0n) is 8.24. The topological polar surface area (TPSA) is 22.1 Å². The first-order valence-corrected chi connectivity index (χ1v) is 5.84. The number of nitrogens with zero attached hydrogens (tertiary/aromatic N) is 1. The number of aromatic nitrogens is 1. The van der Waals surface area contributed by atoms with Crippen molar-refractivity contribution < 1.29 is 4.74 Å². The first-order chi connectivity index (χ1) is 7.24. The lowest BCUT2D eigenvalue weighted by Crippen LogP contribution is -1.96. The van der Waals surface area contributed by atoms with Crippen LogP contribution in [-0.4, -0.2) is 4.98 Å². The lowest BCUT2D eigenvalue weighted by Gasteiger charge is -2.04. The van der Waals surface area contributed by atoms with Crippen molar-refractivity contribution in [3.05, 3.63) is 45.2 Å². The summed E-state index contributed by atoms with van der Waals surface area (Å²) in [7, 11) is 0. The summed E-state index contributed by atoms with van der Waals surface area (Å²) in [5.41, 5.74) is 2.20. The fourth-order valence-electron chi connectivity index (χ4n) is 1.20. The highest BCUT2D eigenvalue weighted by molar-refractivity contribution is 7.07. The number of rotatable bonds is 3. The maximum Gasteiger partial charge on any atom is 0.215 e. The highest BCUT2D eigenvalue weighted by Gasteiger charge is 2.00. The summed E-state index contributed by atoms with van der Waals surface area (Å²) in [6.07, 6.45) is 0. The monoisotopic (exact) mass is 239 g/mol. The average Bonchev–Trinajstić information content (AvgIpc) is 2.65. The summed E-state index contributed by atoms with van der Waals surface area (Å²) < 4.78 is 5.52. The Morgan fingerprint density at radius 3 is 3.00 bits per heavy atom. The van der Waals surface area contributed by atoms with Gasteiger partial charge in [0.05, 0.1) is 0 Å². The largest absolute Gasteiger partial charge is 0.473 e. The molecule has 0 amide bonds. The molecule has 0 atom stereocenters. The number of aryl methyl sites for hydroxylation is 1. The summed E-state index contributed by atoms with van der Waals surface area (Å²) in [4.78, 5) is 4.08. The van der Waals surface area contributed by atoms with E-state index in [4.69, 9.17) is 16.3 Å². The van der Waals surface area contributed by atoms with Crippen molar-refractivity contribution in [1.29, 1.82) is 0 Å². The van der Waals surface area contributed by atoms with E-state index in [0.717, 1.165) is 11.1 Å². The van der Waals surface area contributed by atoms with Crippen LogP contribution in [0, 0.1) is 6.92 Å². The van der Waals surface area contributed by atoms with Gasteiger partial charge in [-0.05, 0) is 35.4 Å². The lowest BCUT2D eigenvalue weighted by molar-refractivity contribution is 0.294. The van der Waals surface area contributed by atoms with Crippen molar-refractivity contribution in [1.82, 2.24) is 4.98 Å². The molecule has 0 aliphatic heterocycles. The highest BCUT2D eigenvalue weighted by atomic mass is 35.5. The van der Waals surface area contributed by atoms with E-state index in [2.05, 4.69) is 10.4 Å². The summed E-state index contributed by atoms with van der Waals surface area (Å²) in [5, 5.41) is 4.54. The Hall–Kier alpha value is -1.06.